The topological polar surface area (TPSA) is 94.6 Å². The number of amides is 1. The monoisotopic (exact) mass is 474 g/mol. The highest BCUT2D eigenvalue weighted by Crippen LogP contribution is 2.31. The highest BCUT2D eigenvalue weighted by molar-refractivity contribution is 5.84. The van der Waals surface area contributed by atoms with E-state index < -0.39 is 12.2 Å². The third-order valence-electron chi connectivity index (χ3n) is 6.30. The van der Waals surface area contributed by atoms with E-state index in [1.165, 1.54) is 5.56 Å². The summed E-state index contributed by atoms with van der Waals surface area (Å²) in [6.45, 7) is 7.13. The Morgan fingerprint density at radius 1 is 0.971 bits per heavy atom. The average molecular weight is 475 g/mol. The van der Waals surface area contributed by atoms with Crippen LogP contribution < -0.4 is 10.6 Å². The molecule has 0 radical (unpaired) electrons. The summed E-state index contributed by atoms with van der Waals surface area (Å²) in [7, 11) is 0. The lowest BCUT2D eigenvalue weighted by molar-refractivity contribution is 0.00917. The van der Waals surface area contributed by atoms with Gasteiger partial charge in [-0.15, -0.1) is 0 Å². The van der Waals surface area contributed by atoms with Crippen molar-refractivity contribution in [3.05, 3.63) is 72.4 Å². The lowest BCUT2D eigenvalue weighted by Crippen LogP contribution is -2.38. The van der Waals surface area contributed by atoms with Crippen LogP contribution in [0.4, 0.5) is 16.4 Å². The zero-order valence-electron chi connectivity index (χ0n) is 20.1. The molecule has 0 saturated carbocycles. The Bertz CT molecular complexity index is 1160. The fourth-order valence-corrected chi connectivity index (χ4v) is 4.39. The smallest absolute Gasteiger partial charge is 0.412 e. The van der Waals surface area contributed by atoms with E-state index in [1.54, 1.807) is 6.20 Å². The van der Waals surface area contributed by atoms with Crippen LogP contribution in [0.2, 0.25) is 0 Å². The summed E-state index contributed by atoms with van der Waals surface area (Å²) in [5, 5.41) is 6.12. The molecule has 1 amide bonds. The molecule has 2 aliphatic rings. The van der Waals surface area contributed by atoms with E-state index in [4.69, 9.17) is 14.2 Å². The van der Waals surface area contributed by atoms with E-state index in [0.29, 0.717) is 18.2 Å². The molecule has 3 aromatic rings. The standard InChI is InChI=1S/C27H30N4O4/c1-27(2,3)18-9-11-19(12-10-18)29-26(32)35-22-16-34-23-21(15-33-24(22)23)31-25-28-14-13-20(30-25)17-7-5-4-6-8-17/h4-14,21-24H,15-16H2,1-3H3,(H,29,32)(H,28,30,31)/t21-,22-,23-,24+/m0/s1. The number of fused-ring (bicyclic) bond motifs is 1. The van der Waals surface area contributed by atoms with Crippen LogP contribution in [-0.2, 0) is 19.6 Å². The Morgan fingerprint density at radius 3 is 2.46 bits per heavy atom. The molecule has 2 fully saturated rings. The van der Waals surface area contributed by atoms with Crippen molar-refractivity contribution >= 4 is 17.7 Å². The number of anilines is 2. The van der Waals surface area contributed by atoms with Crippen molar-refractivity contribution in [1.82, 2.24) is 9.97 Å². The molecule has 182 valence electrons. The van der Waals surface area contributed by atoms with Crippen molar-refractivity contribution in [2.75, 3.05) is 23.8 Å². The molecule has 8 heteroatoms. The second-order valence-corrected chi connectivity index (χ2v) is 9.87. The predicted octanol–water partition coefficient (Wildman–Crippen LogP) is 4.64. The Kier molecular flexibility index (Phi) is 6.40. The van der Waals surface area contributed by atoms with Crippen LogP contribution in [0.25, 0.3) is 11.3 Å². The molecule has 5 rings (SSSR count). The first-order valence-corrected chi connectivity index (χ1v) is 11.8. The second-order valence-electron chi connectivity index (χ2n) is 9.87. The molecule has 0 aliphatic carbocycles. The third-order valence-corrected chi connectivity index (χ3v) is 6.30. The van der Waals surface area contributed by atoms with Crippen LogP contribution in [0.1, 0.15) is 26.3 Å². The summed E-state index contributed by atoms with van der Waals surface area (Å²) in [4.78, 5) is 21.5. The SMILES string of the molecule is CC(C)(C)c1ccc(NC(=O)O[C@H]2CO[C@@H]3[C@@H]2OC[C@@H]3Nc2nccc(-c3ccccc3)n2)cc1. The molecule has 3 heterocycles. The maximum atomic E-state index is 12.5. The summed E-state index contributed by atoms with van der Waals surface area (Å²) in [6.07, 6.45) is 0.102. The molecule has 1 aromatic heterocycles. The van der Waals surface area contributed by atoms with Crippen LogP contribution in [0, 0.1) is 0 Å². The van der Waals surface area contributed by atoms with Crippen molar-refractivity contribution in [3.8, 4) is 11.3 Å². The number of benzene rings is 2. The molecule has 0 bridgehead atoms. The van der Waals surface area contributed by atoms with Gasteiger partial charge in [0.2, 0.25) is 5.95 Å². The van der Waals surface area contributed by atoms with Gasteiger partial charge in [0.05, 0.1) is 24.9 Å². The summed E-state index contributed by atoms with van der Waals surface area (Å²) in [5.41, 5.74) is 3.77. The molecule has 2 aromatic carbocycles. The number of rotatable bonds is 5. The minimum absolute atomic E-state index is 0.0491. The largest absolute Gasteiger partial charge is 0.441 e. The third kappa shape index (κ3) is 5.28. The van der Waals surface area contributed by atoms with E-state index in [1.807, 2.05) is 60.7 Å². The lowest BCUT2D eigenvalue weighted by atomic mass is 9.87. The highest BCUT2D eigenvalue weighted by atomic mass is 16.6. The van der Waals surface area contributed by atoms with Crippen LogP contribution in [0.3, 0.4) is 0 Å². The molecular weight excluding hydrogens is 444 g/mol. The minimum atomic E-state index is -0.526. The van der Waals surface area contributed by atoms with Crippen molar-refractivity contribution < 1.29 is 19.0 Å². The number of hydrogen-bond donors (Lipinski definition) is 2. The highest BCUT2D eigenvalue weighted by Gasteiger charge is 2.49. The normalized spacial score (nSPS) is 23.5. The quantitative estimate of drug-likeness (QED) is 0.556. The van der Waals surface area contributed by atoms with Gasteiger partial charge in [-0.25, -0.2) is 14.8 Å². The van der Waals surface area contributed by atoms with E-state index in [-0.39, 0.29) is 30.3 Å². The Hall–Kier alpha value is -3.49. The van der Waals surface area contributed by atoms with Gasteiger partial charge in [0, 0.05) is 17.4 Å². The summed E-state index contributed by atoms with van der Waals surface area (Å²) in [5.74, 6) is 0.505. The van der Waals surface area contributed by atoms with Gasteiger partial charge in [0.25, 0.3) is 0 Å². The van der Waals surface area contributed by atoms with E-state index >= 15 is 0 Å². The number of carbonyl (C=O) groups is 1. The van der Waals surface area contributed by atoms with Crippen LogP contribution in [-0.4, -0.2) is 53.6 Å². The number of hydrogen-bond acceptors (Lipinski definition) is 7. The van der Waals surface area contributed by atoms with Gasteiger partial charge in [-0.2, -0.15) is 0 Å². The van der Waals surface area contributed by atoms with Crippen LogP contribution in [0.5, 0.6) is 0 Å². The second kappa shape index (κ2) is 9.64. The lowest BCUT2D eigenvalue weighted by Gasteiger charge is -2.20. The Balaban J connectivity index is 1.17. The minimum Gasteiger partial charge on any atom is -0.441 e. The van der Waals surface area contributed by atoms with Gasteiger partial charge < -0.3 is 19.5 Å². The fourth-order valence-electron chi connectivity index (χ4n) is 4.39. The summed E-state index contributed by atoms with van der Waals surface area (Å²) < 4.78 is 17.5. The molecule has 2 aliphatic heterocycles. The number of nitrogens with zero attached hydrogens (tertiary/aromatic N) is 2. The first-order valence-electron chi connectivity index (χ1n) is 11.8. The Labute approximate surface area is 205 Å². The van der Waals surface area contributed by atoms with Crippen LogP contribution in [0.15, 0.2) is 66.9 Å². The molecule has 4 atom stereocenters. The van der Waals surface area contributed by atoms with Crippen molar-refractivity contribution in [1.29, 1.82) is 0 Å². The zero-order chi connectivity index (χ0) is 24.4. The molecule has 2 saturated heterocycles. The van der Waals surface area contributed by atoms with E-state index in [0.717, 1.165) is 11.3 Å². The maximum absolute atomic E-state index is 12.5. The first-order chi connectivity index (χ1) is 16.9. The molecule has 0 spiro atoms. The van der Waals surface area contributed by atoms with Gasteiger partial charge >= 0.3 is 6.09 Å². The molecule has 0 unspecified atom stereocenters. The summed E-state index contributed by atoms with van der Waals surface area (Å²) in [6, 6.07) is 19.4. The number of nitrogens with one attached hydrogen (secondary N) is 2. The number of ether oxygens (including phenoxy) is 3. The molecule has 2 N–H and O–H groups in total. The van der Waals surface area contributed by atoms with Crippen molar-refractivity contribution in [3.63, 3.8) is 0 Å². The van der Waals surface area contributed by atoms with E-state index in [2.05, 4.69) is 41.4 Å². The van der Waals surface area contributed by atoms with E-state index in [9.17, 15) is 4.79 Å². The van der Waals surface area contributed by atoms with Gasteiger partial charge in [0.1, 0.15) is 12.2 Å². The number of carbonyl (C=O) groups excluding carboxylic acids is 1. The molecular formula is C27H30N4O4. The number of aromatic nitrogens is 2. The van der Waals surface area contributed by atoms with Gasteiger partial charge in [-0.1, -0.05) is 63.2 Å². The fraction of sp³-hybridized carbons (Fsp3) is 0.370. The molecule has 35 heavy (non-hydrogen) atoms. The van der Waals surface area contributed by atoms with Crippen molar-refractivity contribution in [2.45, 2.75) is 50.5 Å². The zero-order valence-corrected chi connectivity index (χ0v) is 20.1. The van der Waals surface area contributed by atoms with Crippen molar-refractivity contribution in [2.24, 2.45) is 0 Å². The molecule has 8 nitrogen and oxygen atoms in total. The average Bonchev–Trinajstić information content (AvgIpc) is 3.43. The Morgan fingerprint density at radius 2 is 1.71 bits per heavy atom. The van der Waals surface area contributed by atoms with Gasteiger partial charge in [-0.05, 0) is 29.2 Å². The predicted molar refractivity (Wildman–Crippen MR) is 133 cm³/mol. The van der Waals surface area contributed by atoms with Gasteiger partial charge in [-0.3, -0.25) is 5.32 Å². The maximum Gasteiger partial charge on any atom is 0.412 e. The summed E-state index contributed by atoms with van der Waals surface area (Å²) >= 11 is 0. The van der Waals surface area contributed by atoms with Crippen LogP contribution >= 0.6 is 0 Å². The van der Waals surface area contributed by atoms with Gasteiger partial charge in [0.15, 0.2) is 6.10 Å². The first kappa shape index (κ1) is 23.3.